The second-order valence-electron chi connectivity index (χ2n) is 4.34. The van der Waals surface area contributed by atoms with Gasteiger partial charge in [-0.3, -0.25) is 9.78 Å². The summed E-state index contributed by atoms with van der Waals surface area (Å²) in [5.41, 5.74) is 1.95. The summed E-state index contributed by atoms with van der Waals surface area (Å²) >= 11 is 0. The molecule has 0 radical (unpaired) electrons. The maximum absolute atomic E-state index is 13.1. The van der Waals surface area contributed by atoms with Crippen LogP contribution in [-0.2, 0) is 6.42 Å². The molecule has 4 heteroatoms. The molecule has 0 saturated carbocycles. The van der Waals surface area contributed by atoms with E-state index in [9.17, 15) is 9.18 Å². The van der Waals surface area contributed by atoms with E-state index in [0.29, 0.717) is 11.1 Å². The number of hydrogen-bond acceptors (Lipinski definition) is 2. The molecule has 0 aliphatic rings. The Morgan fingerprint density at radius 2 is 2.11 bits per heavy atom. The van der Waals surface area contributed by atoms with Gasteiger partial charge in [0.1, 0.15) is 5.82 Å². The smallest absolute Gasteiger partial charge is 0.184 e. The summed E-state index contributed by atoms with van der Waals surface area (Å²) in [5.74, 6) is -0.370. The average Bonchev–Trinajstić information content (AvgIpc) is 2.83. The monoisotopic (exact) mass is 254 g/mol. The predicted molar refractivity (Wildman–Crippen MR) is 70.5 cm³/mol. The Hall–Kier alpha value is -2.49. The lowest BCUT2D eigenvalue weighted by Gasteiger charge is -1.97. The molecule has 0 aliphatic carbocycles. The highest BCUT2D eigenvalue weighted by Gasteiger charge is 2.11. The van der Waals surface area contributed by atoms with Crippen molar-refractivity contribution in [3.63, 3.8) is 0 Å². The van der Waals surface area contributed by atoms with Crippen LogP contribution in [0, 0.1) is 5.82 Å². The minimum Gasteiger partial charge on any atom is -0.352 e. The fourth-order valence-electron chi connectivity index (χ4n) is 2.02. The number of pyridine rings is 1. The Morgan fingerprint density at radius 1 is 1.21 bits per heavy atom. The molecule has 3 aromatic rings. The Kier molecular flexibility index (Phi) is 2.83. The topological polar surface area (TPSA) is 45.8 Å². The third-order valence-electron chi connectivity index (χ3n) is 2.95. The summed E-state index contributed by atoms with van der Waals surface area (Å²) in [4.78, 5) is 19.2. The van der Waals surface area contributed by atoms with E-state index >= 15 is 0 Å². The second kappa shape index (κ2) is 4.65. The van der Waals surface area contributed by atoms with Crippen LogP contribution in [0.25, 0.3) is 10.9 Å². The van der Waals surface area contributed by atoms with Crippen LogP contribution in [0.3, 0.4) is 0 Å². The van der Waals surface area contributed by atoms with Crippen LogP contribution in [0.15, 0.2) is 48.7 Å². The first-order chi connectivity index (χ1) is 9.22. The molecular weight excluding hydrogens is 243 g/mol. The number of carbonyl (C=O) groups excluding carboxylic acids is 1. The van der Waals surface area contributed by atoms with E-state index in [-0.39, 0.29) is 18.0 Å². The summed E-state index contributed by atoms with van der Waals surface area (Å²) in [5, 5.41) is 0.698. The van der Waals surface area contributed by atoms with Crippen LogP contribution < -0.4 is 0 Å². The number of aromatic nitrogens is 2. The van der Waals surface area contributed by atoms with Gasteiger partial charge in [-0.25, -0.2) is 4.39 Å². The summed E-state index contributed by atoms with van der Waals surface area (Å²) in [6.45, 7) is 0. The molecule has 0 spiro atoms. The minimum atomic E-state index is -0.310. The maximum atomic E-state index is 13.1. The molecule has 3 rings (SSSR count). The van der Waals surface area contributed by atoms with Gasteiger partial charge in [-0.2, -0.15) is 0 Å². The first-order valence-corrected chi connectivity index (χ1v) is 5.94. The number of Topliss-reactive ketones (excluding diaryl/α,β-unsaturated/α-hetero) is 1. The van der Waals surface area contributed by atoms with Gasteiger partial charge in [0.25, 0.3) is 0 Å². The normalized spacial score (nSPS) is 10.8. The Labute approximate surface area is 109 Å². The Balaban J connectivity index is 1.89. The highest BCUT2D eigenvalue weighted by atomic mass is 19.1. The van der Waals surface area contributed by atoms with E-state index in [1.54, 1.807) is 30.5 Å². The summed E-state index contributed by atoms with van der Waals surface area (Å²) < 4.78 is 13.1. The number of ketones is 1. The fourth-order valence-corrected chi connectivity index (χ4v) is 2.02. The summed E-state index contributed by atoms with van der Waals surface area (Å²) in [6.07, 6.45) is 1.89. The summed E-state index contributed by atoms with van der Waals surface area (Å²) in [6, 6.07) is 11.5. The third-order valence-corrected chi connectivity index (χ3v) is 2.95. The number of aromatic amines is 1. The molecule has 19 heavy (non-hydrogen) atoms. The minimum absolute atomic E-state index is 0.0599. The van der Waals surface area contributed by atoms with Crippen molar-refractivity contribution in [3.05, 3.63) is 65.9 Å². The van der Waals surface area contributed by atoms with Gasteiger partial charge in [-0.1, -0.05) is 6.07 Å². The Bertz CT molecular complexity index is 734. The lowest BCUT2D eigenvalue weighted by Crippen LogP contribution is -2.04. The van der Waals surface area contributed by atoms with Crippen LogP contribution >= 0.6 is 0 Å². The van der Waals surface area contributed by atoms with Gasteiger partial charge in [-0.15, -0.1) is 0 Å². The van der Waals surface area contributed by atoms with E-state index in [0.717, 1.165) is 11.2 Å². The third kappa shape index (κ3) is 2.38. The number of carbonyl (C=O) groups is 1. The Morgan fingerprint density at radius 3 is 2.89 bits per heavy atom. The number of rotatable bonds is 3. The van der Waals surface area contributed by atoms with Crippen molar-refractivity contribution in [2.75, 3.05) is 0 Å². The van der Waals surface area contributed by atoms with Crippen LogP contribution in [0.2, 0.25) is 0 Å². The van der Waals surface area contributed by atoms with Gasteiger partial charge in [0.15, 0.2) is 5.78 Å². The molecule has 2 aromatic heterocycles. The van der Waals surface area contributed by atoms with Crippen molar-refractivity contribution in [1.29, 1.82) is 0 Å². The van der Waals surface area contributed by atoms with Crippen molar-refractivity contribution in [2.45, 2.75) is 6.42 Å². The number of nitrogens with zero attached hydrogens (tertiary/aromatic N) is 1. The number of hydrogen-bond donors (Lipinski definition) is 1. The molecule has 0 amide bonds. The average molecular weight is 254 g/mol. The van der Waals surface area contributed by atoms with Crippen molar-refractivity contribution in [2.24, 2.45) is 0 Å². The quantitative estimate of drug-likeness (QED) is 0.730. The predicted octanol–water partition coefficient (Wildman–Crippen LogP) is 3.13. The van der Waals surface area contributed by atoms with E-state index in [2.05, 4.69) is 9.97 Å². The van der Waals surface area contributed by atoms with Crippen molar-refractivity contribution in [3.8, 4) is 0 Å². The van der Waals surface area contributed by atoms with Gasteiger partial charge < -0.3 is 4.98 Å². The van der Waals surface area contributed by atoms with Gasteiger partial charge in [0.2, 0.25) is 0 Å². The van der Waals surface area contributed by atoms with E-state index in [1.165, 1.54) is 12.1 Å². The van der Waals surface area contributed by atoms with Gasteiger partial charge in [-0.05, 0) is 36.4 Å². The zero-order chi connectivity index (χ0) is 13.2. The highest BCUT2D eigenvalue weighted by Crippen LogP contribution is 2.17. The summed E-state index contributed by atoms with van der Waals surface area (Å²) in [7, 11) is 0. The largest absolute Gasteiger partial charge is 0.352 e. The number of fused-ring (bicyclic) bond motifs is 1. The number of nitrogens with one attached hydrogen (secondary N) is 1. The van der Waals surface area contributed by atoms with E-state index in [4.69, 9.17) is 0 Å². The molecule has 0 bridgehead atoms. The molecule has 2 heterocycles. The first kappa shape index (κ1) is 11.6. The standard InChI is InChI=1S/C15H11FN2O/c16-11-4-5-13-10(7-11)8-14(18-13)15(19)9-12-3-1-2-6-17-12/h1-8,18H,9H2. The lowest BCUT2D eigenvalue weighted by molar-refractivity contribution is 0.0988. The fraction of sp³-hybridized carbons (Fsp3) is 0.0667. The second-order valence-corrected chi connectivity index (χ2v) is 4.34. The SMILES string of the molecule is O=C(Cc1ccccn1)c1cc2cc(F)ccc2[nH]1. The van der Waals surface area contributed by atoms with Crippen LogP contribution in [0.4, 0.5) is 4.39 Å². The number of halogens is 1. The number of H-pyrrole nitrogens is 1. The first-order valence-electron chi connectivity index (χ1n) is 5.94. The molecule has 1 N–H and O–H groups in total. The molecule has 94 valence electrons. The van der Waals surface area contributed by atoms with Crippen LogP contribution in [0.1, 0.15) is 16.2 Å². The molecule has 0 unspecified atom stereocenters. The van der Waals surface area contributed by atoms with Crippen LogP contribution in [0.5, 0.6) is 0 Å². The number of benzene rings is 1. The van der Waals surface area contributed by atoms with Crippen molar-refractivity contribution < 1.29 is 9.18 Å². The molecule has 0 aliphatic heterocycles. The van der Waals surface area contributed by atoms with E-state index < -0.39 is 0 Å². The van der Waals surface area contributed by atoms with Crippen LogP contribution in [-0.4, -0.2) is 15.8 Å². The highest BCUT2D eigenvalue weighted by molar-refractivity contribution is 6.00. The lowest BCUT2D eigenvalue weighted by atomic mass is 10.1. The van der Waals surface area contributed by atoms with Crippen molar-refractivity contribution in [1.82, 2.24) is 9.97 Å². The maximum Gasteiger partial charge on any atom is 0.184 e. The molecule has 0 atom stereocenters. The van der Waals surface area contributed by atoms with Crippen molar-refractivity contribution >= 4 is 16.7 Å². The molecule has 0 saturated heterocycles. The van der Waals surface area contributed by atoms with Gasteiger partial charge in [0.05, 0.1) is 12.1 Å². The molecule has 0 fully saturated rings. The van der Waals surface area contributed by atoms with Gasteiger partial charge >= 0.3 is 0 Å². The molecular formula is C15H11FN2O. The zero-order valence-electron chi connectivity index (χ0n) is 10.1. The van der Waals surface area contributed by atoms with E-state index in [1.807, 2.05) is 6.07 Å². The van der Waals surface area contributed by atoms with Gasteiger partial charge in [0, 0.05) is 22.8 Å². The zero-order valence-corrected chi connectivity index (χ0v) is 10.1. The molecule has 1 aromatic carbocycles. The molecule has 3 nitrogen and oxygen atoms in total.